The van der Waals surface area contributed by atoms with Crippen LogP contribution in [0.4, 0.5) is 0 Å². The molecular weight excluding hydrogens is 464 g/mol. The maximum atomic E-state index is 9.23. The van der Waals surface area contributed by atoms with Crippen molar-refractivity contribution in [3.05, 3.63) is 48.6 Å². The summed E-state index contributed by atoms with van der Waals surface area (Å²) in [6.45, 7) is 0. The zero-order chi connectivity index (χ0) is 27.8. The summed E-state index contributed by atoms with van der Waals surface area (Å²) < 4.78 is 0. The largest absolute Gasteiger partial charge is 0.377 e. The third kappa shape index (κ3) is 30.2. The van der Waals surface area contributed by atoms with Crippen molar-refractivity contribution in [2.24, 2.45) is 0 Å². The van der Waals surface area contributed by atoms with Crippen LogP contribution in [-0.2, 0) is 0 Å². The molecule has 0 spiro atoms. The van der Waals surface area contributed by atoms with Crippen LogP contribution in [0, 0.1) is 24.7 Å². The smallest absolute Gasteiger partial charge is 0.133 e. The van der Waals surface area contributed by atoms with Gasteiger partial charge in [-0.1, -0.05) is 113 Å². The number of aliphatic hydroxyl groups excluding tert-OH is 2. The van der Waals surface area contributed by atoms with E-state index in [0.29, 0.717) is 0 Å². The van der Waals surface area contributed by atoms with Gasteiger partial charge in [-0.15, -0.1) is 12.8 Å². The molecule has 0 fully saturated rings. The maximum Gasteiger partial charge on any atom is 0.133 e. The second kappa shape index (κ2) is 31.2. The highest BCUT2D eigenvalue weighted by molar-refractivity contribution is 5.06. The first kappa shape index (κ1) is 36.0. The molecule has 2 heteroatoms. The number of unbranched alkanes of at least 4 members (excludes halogenated alkanes) is 19. The Balaban J connectivity index is 3.25. The normalized spacial score (nSPS) is 13.6. The van der Waals surface area contributed by atoms with Crippen LogP contribution >= 0.6 is 0 Å². The van der Waals surface area contributed by atoms with E-state index in [0.717, 1.165) is 12.8 Å². The molecule has 0 aromatic rings. The predicted octanol–water partition coefficient (Wildman–Crippen LogP) is 9.78. The first-order chi connectivity index (χ1) is 18.7. The summed E-state index contributed by atoms with van der Waals surface area (Å²) in [5.74, 6) is 4.59. The van der Waals surface area contributed by atoms with E-state index in [-0.39, 0.29) is 0 Å². The third-order valence-corrected chi connectivity index (χ3v) is 6.79. The van der Waals surface area contributed by atoms with Gasteiger partial charge < -0.3 is 10.2 Å². The van der Waals surface area contributed by atoms with Crippen molar-refractivity contribution in [1.29, 1.82) is 0 Å². The van der Waals surface area contributed by atoms with Crippen LogP contribution in [0.1, 0.15) is 141 Å². The summed E-state index contributed by atoms with van der Waals surface area (Å²) in [5.41, 5.74) is 0. The van der Waals surface area contributed by atoms with Gasteiger partial charge in [-0.3, -0.25) is 0 Å². The van der Waals surface area contributed by atoms with Gasteiger partial charge in [0.2, 0.25) is 0 Å². The second-order valence-electron chi connectivity index (χ2n) is 10.4. The Bertz CT molecular complexity index is 625. The number of allylic oxidation sites excluding steroid dienone is 6. The monoisotopic (exact) mass is 522 g/mol. The van der Waals surface area contributed by atoms with E-state index in [1.165, 1.54) is 128 Å². The van der Waals surface area contributed by atoms with Crippen molar-refractivity contribution in [2.45, 2.75) is 153 Å². The highest BCUT2D eigenvalue weighted by Gasteiger charge is 1.94. The Kier molecular flexibility index (Phi) is 29.6. The van der Waals surface area contributed by atoms with E-state index in [2.05, 4.69) is 36.1 Å². The lowest BCUT2D eigenvalue weighted by Gasteiger charge is -2.01. The van der Waals surface area contributed by atoms with E-state index in [9.17, 15) is 10.2 Å². The molecule has 0 aromatic carbocycles. The molecule has 0 saturated carbocycles. The highest BCUT2D eigenvalue weighted by Crippen LogP contribution is 2.12. The molecule has 214 valence electrons. The van der Waals surface area contributed by atoms with Crippen molar-refractivity contribution in [3.8, 4) is 24.7 Å². The molecule has 0 heterocycles. The predicted molar refractivity (Wildman–Crippen MR) is 168 cm³/mol. The van der Waals surface area contributed by atoms with Crippen molar-refractivity contribution in [3.63, 3.8) is 0 Å². The van der Waals surface area contributed by atoms with Crippen molar-refractivity contribution in [2.75, 3.05) is 0 Å². The summed E-state index contributed by atoms with van der Waals surface area (Å²) in [5, 5.41) is 18.5. The first-order valence-corrected chi connectivity index (χ1v) is 15.6. The quantitative estimate of drug-likeness (QED) is 0.0640. The fourth-order valence-corrected chi connectivity index (χ4v) is 4.37. The van der Waals surface area contributed by atoms with Crippen LogP contribution in [-0.4, -0.2) is 22.4 Å². The molecular formula is C36H58O2. The summed E-state index contributed by atoms with van der Waals surface area (Å²) in [7, 11) is 0. The van der Waals surface area contributed by atoms with E-state index in [1.54, 1.807) is 12.2 Å². The summed E-state index contributed by atoms with van der Waals surface area (Å²) in [6, 6.07) is 0. The molecule has 2 N–H and O–H groups in total. The van der Waals surface area contributed by atoms with Crippen LogP contribution in [0.25, 0.3) is 0 Å². The van der Waals surface area contributed by atoms with Gasteiger partial charge in [0.1, 0.15) is 12.2 Å². The lowest BCUT2D eigenvalue weighted by atomic mass is 10.1. The molecule has 0 aliphatic heterocycles. The molecule has 0 bridgehead atoms. The Morgan fingerprint density at radius 2 is 0.579 bits per heavy atom. The molecule has 2 atom stereocenters. The minimum atomic E-state index is -0.721. The van der Waals surface area contributed by atoms with Gasteiger partial charge in [-0.2, -0.15) is 0 Å². The average Bonchev–Trinajstić information content (AvgIpc) is 2.93. The van der Waals surface area contributed by atoms with E-state index in [4.69, 9.17) is 12.8 Å². The molecule has 0 aliphatic carbocycles. The average molecular weight is 523 g/mol. The van der Waals surface area contributed by atoms with Crippen LogP contribution in [0.15, 0.2) is 48.6 Å². The molecule has 0 unspecified atom stereocenters. The van der Waals surface area contributed by atoms with Crippen LogP contribution < -0.4 is 0 Å². The van der Waals surface area contributed by atoms with Crippen molar-refractivity contribution in [1.82, 2.24) is 0 Å². The van der Waals surface area contributed by atoms with E-state index in [1.807, 2.05) is 12.2 Å². The Morgan fingerprint density at radius 1 is 0.368 bits per heavy atom. The fraction of sp³-hybridized carbons (Fsp3) is 0.667. The lowest BCUT2D eigenvalue weighted by molar-refractivity contribution is 0.280. The van der Waals surface area contributed by atoms with Crippen LogP contribution in [0.5, 0.6) is 0 Å². The molecule has 38 heavy (non-hydrogen) atoms. The summed E-state index contributed by atoms with van der Waals surface area (Å²) in [4.78, 5) is 0. The Hall–Kier alpha value is -2.00. The minimum absolute atomic E-state index is 0.721. The number of aliphatic hydroxyl groups is 2. The van der Waals surface area contributed by atoms with Gasteiger partial charge in [0, 0.05) is 0 Å². The summed E-state index contributed by atoms with van der Waals surface area (Å²) in [6.07, 6.45) is 53.6. The fourth-order valence-electron chi connectivity index (χ4n) is 4.37. The van der Waals surface area contributed by atoms with Crippen molar-refractivity contribution < 1.29 is 10.2 Å². The number of hydrogen-bond donors (Lipinski definition) is 2. The first-order valence-electron chi connectivity index (χ1n) is 15.6. The van der Waals surface area contributed by atoms with Crippen LogP contribution in [0.2, 0.25) is 0 Å². The van der Waals surface area contributed by atoms with E-state index < -0.39 is 12.2 Å². The zero-order valence-corrected chi connectivity index (χ0v) is 24.4. The number of terminal acetylenes is 2. The van der Waals surface area contributed by atoms with Gasteiger partial charge in [0.25, 0.3) is 0 Å². The Labute approximate surface area is 236 Å². The molecule has 0 radical (unpaired) electrons. The highest BCUT2D eigenvalue weighted by atomic mass is 16.3. The maximum absolute atomic E-state index is 9.23. The Morgan fingerprint density at radius 3 is 0.842 bits per heavy atom. The lowest BCUT2D eigenvalue weighted by Crippen LogP contribution is -1.95. The van der Waals surface area contributed by atoms with Gasteiger partial charge in [0.05, 0.1) is 0 Å². The molecule has 0 rings (SSSR count). The van der Waals surface area contributed by atoms with Gasteiger partial charge in [0.15, 0.2) is 0 Å². The molecule has 2 nitrogen and oxygen atoms in total. The van der Waals surface area contributed by atoms with Gasteiger partial charge >= 0.3 is 0 Å². The number of rotatable bonds is 27. The molecule has 0 amide bonds. The van der Waals surface area contributed by atoms with Gasteiger partial charge in [-0.05, 0) is 89.2 Å². The minimum Gasteiger partial charge on any atom is -0.377 e. The van der Waals surface area contributed by atoms with Crippen molar-refractivity contribution >= 4 is 0 Å². The van der Waals surface area contributed by atoms with Gasteiger partial charge in [-0.25, -0.2) is 0 Å². The second-order valence-corrected chi connectivity index (χ2v) is 10.4. The standard InChI is InChI=1S/C36H58O2/c1-3-35(37)33-31-29-27-25-23-21-19-17-15-13-11-9-7-5-6-8-10-12-14-16-18-20-22-24-26-28-30-32-34-36(38)4-2/h1-2,9-12,31-38H,5-8,13-30H2/t35-,36-/m0/s1. The molecule has 0 aromatic heterocycles. The molecule has 0 saturated heterocycles. The van der Waals surface area contributed by atoms with Crippen LogP contribution in [0.3, 0.4) is 0 Å². The summed E-state index contributed by atoms with van der Waals surface area (Å²) >= 11 is 0. The third-order valence-electron chi connectivity index (χ3n) is 6.79. The SMILES string of the molecule is C#C[C@H](O)C=CCCCCCCCCCC=CCCCCC=CCCCCCCCCCC=C[C@@H](O)C#C. The molecule has 0 aliphatic rings. The zero-order valence-electron chi connectivity index (χ0n) is 24.4. The topological polar surface area (TPSA) is 40.5 Å². The van der Waals surface area contributed by atoms with E-state index >= 15 is 0 Å². The number of hydrogen-bond acceptors (Lipinski definition) is 2.